The molecule has 33 heavy (non-hydrogen) atoms. The fraction of sp³-hybridized carbons (Fsp3) is 0.304. The lowest BCUT2D eigenvalue weighted by Gasteiger charge is -2.33. The predicted molar refractivity (Wildman–Crippen MR) is 109 cm³/mol. The Hall–Kier alpha value is -3.56. The second-order valence-corrected chi connectivity index (χ2v) is 7.48. The van der Waals surface area contributed by atoms with Gasteiger partial charge in [0.25, 0.3) is 5.91 Å². The Labute approximate surface area is 191 Å². The van der Waals surface area contributed by atoms with Crippen molar-refractivity contribution in [2.75, 3.05) is 6.50 Å². The van der Waals surface area contributed by atoms with Gasteiger partial charge in [-0.15, -0.1) is 0 Å². The van der Waals surface area contributed by atoms with E-state index in [-0.39, 0.29) is 29.3 Å². The maximum Gasteiger partial charge on any atom is 0.417 e. The number of piperidine rings is 1. The van der Waals surface area contributed by atoms with E-state index in [1.165, 1.54) is 30.6 Å². The standard InChI is InChI=1S/C23H18F4N4O2/c24-16-4-1-3-15(20(16)21-28-7-2-8-29-21)22(32)31-12-13-9-17(31)18(10-13)33-19-6-5-14(11-30-19)23(25,26)27/h1-8,11,13,17-18H,9-10,12H2/t13-,17+,18-/m1/s1/i10D2,12D2. The third kappa shape index (κ3) is 4.01. The third-order valence-electron chi connectivity index (χ3n) is 5.38. The van der Waals surface area contributed by atoms with Gasteiger partial charge in [0.15, 0.2) is 5.82 Å². The van der Waals surface area contributed by atoms with Crippen molar-refractivity contribution in [3.63, 3.8) is 0 Å². The minimum absolute atomic E-state index is 0.0917. The molecule has 1 aromatic carbocycles. The van der Waals surface area contributed by atoms with Crippen molar-refractivity contribution in [1.29, 1.82) is 0 Å². The summed E-state index contributed by atoms with van der Waals surface area (Å²) in [5.41, 5.74) is -1.49. The van der Waals surface area contributed by atoms with Gasteiger partial charge >= 0.3 is 6.18 Å². The fourth-order valence-electron chi connectivity index (χ4n) is 3.89. The average Bonchev–Trinajstić information content (AvgIpc) is 3.26. The second kappa shape index (κ2) is 8.09. The summed E-state index contributed by atoms with van der Waals surface area (Å²) in [6.45, 7) is -2.47. The van der Waals surface area contributed by atoms with Crippen LogP contribution in [-0.2, 0) is 6.18 Å². The van der Waals surface area contributed by atoms with Crippen LogP contribution in [0.3, 0.4) is 0 Å². The van der Waals surface area contributed by atoms with Gasteiger partial charge in [-0.1, -0.05) is 6.07 Å². The number of aromatic nitrogens is 3. The lowest BCUT2D eigenvalue weighted by atomic mass is 10.0. The summed E-state index contributed by atoms with van der Waals surface area (Å²) >= 11 is 0. The number of fused-ring (bicyclic) bond motifs is 2. The van der Waals surface area contributed by atoms with Crippen LogP contribution in [0.15, 0.2) is 55.0 Å². The van der Waals surface area contributed by atoms with Gasteiger partial charge in [0.05, 0.1) is 22.7 Å². The molecule has 3 heterocycles. The van der Waals surface area contributed by atoms with Crippen LogP contribution in [0.1, 0.15) is 34.2 Å². The summed E-state index contributed by atoms with van der Waals surface area (Å²) in [4.78, 5) is 26.1. The number of carbonyl (C=O) groups is 1. The van der Waals surface area contributed by atoms with Crippen molar-refractivity contribution >= 4 is 5.91 Å². The highest BCUT2D eigenvalue weighted by atomic mass is 19.4. The number of ether oxygens (including phenoxy) is 1. The number of hydrogen-bond donors (Lipinski definition) is 0. The summed E-state index contributed by atoms with van der Waals surface area (Å²) in [5, 5.41) is 0. The highest BCUT2D eigenvalue weighted by Crippen LogP contribution is 2.41. The molecule has 2 aromatic heterocycles. The fourth-order valence-corrected chi connectivity index (χ4v) is 3.89. The van der Waals surface area contributed by atoms with E-state index in [0.29, 0.717) is 6.20 Å². The minimum Gasteiger partial charge on any atom is -0.472 e. The summed E-state index contributed by atoms with van der Waals surface area (Å²) in [5.74, 6) is -3.46. The van der Waals surface area contributed by atoms with Crippen molar-refractivity contribution in [1.82, 2.24) is 19.9 Å². The molecule has 1 amide bonds. The average molecular weight is 462 g/mol. The largest absolute Gasteiger partial charge is 0.472 e. The first-order valence-electron chi connectivity index (χ1n) is 11.9. The van der Waals surface area contributed by atoms with Crippen LogP contribution >= 0.6 is 0 Å². The monoisotopic (exact) mass is 462 g/mol. The van der Waals surface area contributed by atoms with Crippen LogP contribution in [0.4, 0.5) is 17.6 Å². The summed E-state index contributed by atoms with van der Waals surface area (Å²) < 4.78 is 93.3. The maximum absolute atomic E-state index is 14.8. The lowest BCUT2D eigenvalue weighted by molar-refractivity contribution is -0.137. The molecule has 10 heteroatoms. The molecule has 0 radical (unpaired) electrons. The first-order valence-corrected chi connectivity index (χ1v) is 9.93. The molecule has 1 aliphatic heterocycles. The lowest BCUT2D eigenvalue weighted by Crippen LogP contribution is -2.47. The molecule has 1 aliphatic carbocycles. The molecule has 0 spiro atoms. The second-order valence-electron chi connectivity index (χ2n) is 7.48. The van der Waals surface area contributed by atoms with Crippen molar-refractivity contribution in [2.24, 2.45) is 5.92 Å². The number of rotatable bonds is 4. The van der Waals surface area contributed by atoms with E-state index in [4.69, 9.17) is 10.2 Å². The zero-order valence-electron chi connectivity index (χ0n) is 20.8. The molecule has 1 saturated carbocycles. The zero-order chi connectivity index (χ0) is 26.8. The molecule has 0 N–H and O–H groups in total. The molecule has 5 rings (SSSR count). The number of alkyl halides is 3. The Bertz CT molecular complexity index is 1340. The number of likely N-dealkylation sites (tertiary alicyclic amines) is 1. The van der Waals surface area contributed by atoms with Crippen molar-refractivity contribution in [3.8, 4) is 17.3 Å². The maximum atomic E-state index is 14.8. The molecular weight excluding hydrogens is 440 g/mol. The number of halogens is 4. The van der Waals surface area contributed by atoms with E-state index < -0.39 is 54.4 Å². The Kier molecular flexibility index (Phi) is 4.17. The van der Waals surface area contributed by atoms with E-state index in [1.54, 1.807) is 0 Å². The highest BCUT2D eigenvalue weighted by molar-refractivity contribution is 6.00. The van der Waals surface area contributed by atoms with Gasteiger partial charge < -0.3 is 9.64 Å². The van der Waals surface area contributed by atoms with E-state index in [1.807, 2.05) is 0 Å². The molecule has 6 nitrogen and oxygen atoms in total. The number of hydrogen-bond acceptors (Lipinski definition) is 5. The Morgan fingerprint density at radius 1 is 1.12 bits per heavy atom. The number of nitrogens with zero attached hydrogens (tertiary/aromatic N) is 4. The molecule has 1 saturated heterocycles. The van der Waals surface area contributed by atoms with Crippen LogP contribution < -0.4 is 4.74 Å². The van der Waals surface area contributed by atoms with Crippen molar-refractivity contribution < 1.29 is 32.6 Å². The van der Waals surface area contributed by atoms with Crippen molar-refractivity contribution in [2.45, 2.75) is 31.1 Å². The van der Waals surface area contributed by atoms with E-state index in [9.17, 15) is 22.4 Å². The molecule has 3 atom stereocenters. The Morgan fingerprint density at radius 3 is 2.58 bits per heavy atom. The van der Waals surface area contributed by atoms with Gasteiger partial charge in [0.1, 0.15) is 11.9 Å². The van der Waals surface area contributed by atoms with Crippen molar-refractivity contribution in [3.05, 3.63) is 71.9 Å². The van der Waals surface area contributed by atoms with Gasteiger partial charge in [-0.25, -0.2) is 19.3 Å². The first kappa shape index (κ1) is 17.0. The smallest absolute Gasteiger partial charge is 0.417 e. The van der Waals surface area contributed by atoms with Gasteiger partial charge in [0.2, 0.25) is 5.88 Å². The summed E-state index contributed by atoms with van der Waals surface area (Å²) in [7, 11) is 0. The van der Waals surface area contributed by atoms with E-state index >= 15 is 0 Å². The molecular formula is C23H18F4N4O2. The van der Waals surface area contributed by atoms with Gasteiger partial charge in [-0.05, 0) is 43.0 Å². The molecule has 2 aliphatic rings. The topological polar surface area (TPSA) is 68.2 Å². The molecule has 0 unspecified atom stereocenters. The molecule has 2 fully saturated rings. The van der Waals surface area contributed by atoms with Crippen LogP contribution in [0.5, 0.6) is 5.88 Å². The molecule has 170 valence electrons. The zero-order valence-corrected chi connectivity index (χ0v) is 16.8. The number of carbonyl (C=O) groups excluding carboxylic acids is 1. The predicted octanol–water partition coefficient (Wildman–Crippen LogP) is 4.38. The molecule has 2 bridgehead atoms. The summed E-state index contributed by atoms with van der Waals surface area (Å²) in [6, 6.07) is 5.69. The molecule has 3 aromatic rings. The SMILES string of the molecule is [2H]C1([2H])[C@H]2C[C@@H]([C@@H]1Oc1ccc(C(F)(F)F)cn1)N(C(=O)c1cccc(F)c1-c1ncccn1)C2([2H])[2H]. The van der Waals surface area contributed by atoms with Crippen LogP contribution in [0.25, 0.3) is 11.4 Å². The van der Waals surface area contributed by atoms with Gasteiger partial charge in [-0.3, -0.25) is 4.79 Å². The van der Waals surface area contributed by atoms with Gasteiger partial charge in [-0.2, -0.15) is 13.2 Å². The highest BCUT2D eigenvalue weighted by Gasteiger charge is 2.49. The first-order chi connectivity index (χ1) is 17.3. The van der Waals surface area contributed by atoms with Crippen LogP contribution in [0, 0.1) is 11.7 Å². The Morgan fingerprint density at radius 2 is 1.91 bits per heavy atom. The number of benzene rings is 1. The third-order valence-corrected chi connectivity index (χ3v) is 5.38. The van der Waals surface area contributed by atoms with E-state index in [2.05, 4.69) is 15.0 Å². The number of amides is 1. The Balaban J connectivity index is 1.51. The number of pyridine rings is 1. The van der Waals surface area contributed by atoms with Gasteiger partial charge in [0, 0.05) is 36.6 Å². The van der Waals surface area contributed by atoms with Crippen LogP contribution in [0.2, 0.25) is 0 Å². The van der Waals surface area contributed by atoms with Crippen LogP contribution in [-0.4, -0.2) is 44.4 Å². The normalized spacial score (nSPS) is 26.8. The van der Waals surface area contributed by atoms with E-state index in [0.717, 1.165) is 23.1 Å². The minimum atomic E-state index is -4.63. The quantitative estimate of drug-likeness (QED) is 0.539. The summed E-state index contributed by atoms with van der Waals surface area (Å²) in [6.07, 6.45) is -5.23.